The molecule has 0 bridgehead atoms. The van der Waals surface area contributed by atoms with Crippen LogP contribution in [0.4, 0.5) is 15.8 Å². The van der Waals surface area contributed by atoms with Gasteiger partial charge in [-0.05, 0) is 60.1 Å². The van der Waals surface area contributed by atoms with E-state index in [4.69, 9.17) is 5.73 Å². The Kier molecular flexibility index (Phi) is 4.81. The lowest BCUT2D eigenvalue weighted by atomic mass is 9.73. The summed E-state index contributed by atoms with van der Waals surface area (Å²) >= 11 is 0. The topological polar surface area (TPSA) is 75.4 Å². The van der Waals surface area contributed by atoms with E-state index in [-0.39, 0.29) is 17.0 Å². The van der Waals surface area contributed by atoms with Gasteiger partial charge in [-0.15, -0.1) is 0 Å². The minimum atomic E-state index is -0.436. The lowest BCUT2D eigenvalue weighted by molar-refractivity contribution is 0.100. The van der Waals surface area contributed by atoms with E-state index in [1.807, 2.05) is 32.3 Å². The molecule has 2 aliphatic rings. The molecule has 0 aromatic heterocycles. The van der Waals surface area contributed by atoms with Crippen molar-refractivity contribution >= 4 is 23.6 Å². The van der Waals surface area contributed by atoms with Crippen LogP contribution in [0.5, 0.6) is 0 Å². The molecule has 0 aliphatic carbocycles. The number of amides is 1. The van der Waals surface area contributed by atoms with E-state index < -0.39 is 11.7 Å². The summed E-state index contributed by atoms with van der Waals surface area (Å²) in [7, 11) is 0. The molecule has 1 unspecified atom stereocenters. The van der Waals surface area contributed by atoms with E-state index >= 15 is 0 Å². The molecule has 2 heterocycles. The first-order valence-electron chi connectivity index (χ1n) is 9.97. The monoisotopic (exact) mass is 394 g/mol. The predicted octanol–water partition coefficient (Wildman–Crippen LogP) is 3.82. The maximum absolute atomic E-state index is 14.0. The summed E-state index contributed by atoms with van der Waals surface area (Å²) in [5, 5.41) is 3.42. The quantitative estimate of drug-likeness (QED) is 0.827. The number of hydrogen-bond acceptors (Lipinski definition) is 4. The van der Waals surface area contributed by atoms with Gasteiger partial charge in [-0.25, -0.2) is 4.39 Å². The molecule has 1 amide bonds. The van der Waals surface area contributed by atoms with Crippen LogP contribution >= 0.6 is 0 Å². The van der Waals surface area contributed by atoms with Gasteiger partial charge in [0.15, 0.2) is 0 Å². The molecule has 0 saturated carbocycles. The zero-order valence-corrected chi connectivity index (χ0v) is 16.7. The number of carbonyl (C=O) groups is 1. The summed E-state index contributed by atoms with van der Waals surface area (Å²) < 4.78 is 14.0. The zero-order valence-electron chi connectivity index (χ0n) is 16.7. The van der Waals surface area contributed by atoms with Gasteiger partial charge in [0, 0.05) is 24.5 Å². The predicted molar refractivity (Wildman–Crippen MR) is 112 cm³/mol. The van der Waals surface area contributed by atoms with Crippen molar-refractivity contribution in [3.63, 3.8) is 0 Å². The fraction of sp³-hybridized carbons (Fsp3) is 0.391. The maximum Gasteiger partial charge on any atom is 0.250 e. The van der Waals surface area contributed by atoms with Crippen molar-refractivity contribution in [3.05, 3.63) is 58.4 Å². The summed E-state index contributed by atoms with van der Waals surface area (Å²) in [6, 6.07) is 8.34. The minimum Gasteiger partial charge on any atom is -0.377 e. The van der Waals surface area contributed by atoms with E-state index in [9.17, 15) is 14.0 Å². The molecule has 151 valence electrons. The molecule has 5 nitrogen and oxygen atoms in total. The van der Waals surface area contributed by atoms with Crippen LogP contribution in [-0.4, -0.2) is 25.3 Å². The number of benzene rings is 2. The molecule has 1 atom stereocenters. The largest absolute Gasteiger partial charge is 0.377 e. The first-order chi connectivity index (χ1) is 13.8. The van der Waals surface area contributed by atoms with Crippen molar-refractivity contribution in [1.82, 2.24) is 0 Å². The summed E-state index contributed by atoms with van der Waals surface area (Å²) in [5.74, 6) is -0.869. The Balaban J connectivity index is 1.77. The number of nitrogens with zero attached hydrogens (tertiary/aromatic N) is 1. The normalized spacial score (nSPS) is 20.1. The molecule has 6 heteroatoms. The van der Waals surface area contributed by atoms with Crippen LogP contribution < -0.4 is 16.0 Å². The highest BCUT2D eigenvalue weighted by molar-refractivity contribution is 5.99. The second kappa shape index (κ2) is 7.17. The fourth-order valence-electron chi connectivity index (χ4n) is 4.62. The number of primary amides is 1. The van der Waals surface area contributed by atoms with Gasteiger partial charge in [-0.3, -0.25) is 9.59 Å². The van der Waals surface area contributed by atoms with Crippen molar-refractivity contribution in [2.75, 3.05) is 23.3 Å². The highest BCUT2D eigenvalue weighted by Gasteiger charge is 2.36. The van der Waals surface area contributed by atoms with Crippen molar-refractivity contribution in [3.8, 4) is 0 Å². The molecule has 2 aromatic rings. The third-order valence-corrected chi connectivity index (χ3v) is 6.11. The van der Waals surface area contributed by atoms with Gasteiger partial charge in [-0.2, -0.15) is 0 Å². The first-order valence-corrected chi connectivity index (χ1v) is 9.97. The van der Waals surface area contributed by atoms with Crippen LogP contribution in [-0.2, 0) is 10.2 Å². The smallest absolute Gasteiger partial charge is 0.250 e. The molecule has 2 aromatic carbocycles. The van der Waals surface area contributed by atoms with E-state index in [0.29, 0.717) is 11.3 Å². The minimum absolute atomic E-state index is 0.0849. The molecule has 0 spiro atoms. The van der Waals surface area contributed by atoms with Crippen LogP contribution in [0.15, 0.2) is 30.3 Å². The maximum atomic E-state index is 14.0. The third-order valence-electron chi connectivity index (χ3n) is 6.11. The van der Waals surface area contributed by atoms with Gasteiger partial charge >= 0.3 is 0 Å². The summed E-state index contributed by atoms with van der Waals surface area (Å²) in [5.41, 5.74) is 9.27. The molecular weight excluding hydrogens is 369 g/mol. The second-order valence-electron chi connectivity index (χ2n) is 8.60. The molecule has 3 N–H and O–H groups in total. The van der Waals surface area contributed by atoms with E-state index in [1.54, 1.807) is 6.07 Å². The van der Waals surface area contributed by atoms with Crippen LogP contribution in [0, 0.1) is 5.82 Å². The average Bonchev–Trinajstić information content (AvgIpc) is 3.21. The van der Waals surface area contributed by atoms with Crippen molar-refractivity contribution in [1.29, 1.82) is 0 Å². The number of nitrogens with two attached hydrogens (primary N) is 1. The highest BCUT2D eigenvalue weighted by atomic mass is 19.1. The number of rotatable bonds is 4. The Morgan fingerprint density at radius 2 is 1.97 bits per heavy atom. The molecular formula is C23H25FN3O2. The van der Waals surface area contributed by atoms with Crippen molar-refractivity contribution in [2.45, 2.75) is 44.6 Å². The third kappa shape index (κ3) is 3.48. The Hall–Kier alpha value is -2.89. The van der Waals surface area contributed by atoms with Crippen molar-refractivity contribution in [2.24, 2.45) is 5.73 Å². The molecule has 1 saturated heterocycles. The van der Waals surface area contributed by atoms with Crippen LogP contribution in [0.1, 0.15) is 66.2 Å². The van der Waals surface area contributed by atoms with E-state index in [1.165, 1.54) is 12.1 Å². The SMILES string of the molecule is CC1(C)CC(c2ccc(C(N)=O)c(N3CCCC3)c2)Nc2c([C]=O)cc(F)cc21. The number of halogens is 1. The van der Waals surface area contributed by atoms with Gasteiger partial charge in [0.1, 0.15) is 5.82 Å². The molecule has 1 fully saturated rings. The van der Waals surface area contributed by atoms with Crippen LogP contribution in [0.25, 0.3) is 0 Å². The van der Waals surface area contributed by atoms with Gasteiger partial charge in [0.25, 0.3) is 5.91 Å². The second-order valence-corrected chi connectivity index (χ2v) is 8.60. The fourth-order valence-corrected chi connectivity index (χ4v) is 4.62. The zero-order chi connectivity index (χ0) is 20.8. The van der Waals surface area contributed by atoms with E-state index in [0.717, 1.165) is 49.2 Å². The van der Waals surface area contributed by atoms with Gasteiger partial charge < -0.3 is 16.0 Å². The van der Waals surface area contributed by atoms with Crippen molar-refractivity contribution < 1.29 is 14.0 Å². The molecule has 2 aliphatic heterocycles. The molecule has 29 heavy (non-hydrogen) atoms. The Morgan fingerprint density at radius 1 is 1.24 bits per heavy atom. The molecule has 4 rings (SSSR count). The highest BCUT2D eigenvalue weighted by Crippen LogP contribution is 2.46. The number of anilines is 2. The number of carbonyl (C=O) groups excluding carboxylic acids is 2. The van der Waals surface area contributed by atoms with Crippen LogP contribution in [0.2, 0.25) is 0 Å². The number of hydrogen-bond donors (Lipinski definition) is 2. The Labute approximate surface area is 170 Å². The van der Waals surface area contributed by atoms with E-state index in [2.05, 4.69) is 10.2 Å². The van der Waals surface area contributed by atoms with Gasteiger partial charge in [0.2, 0.25) is 6.29 Å². The van der Waals surface area contributed by atoms with Gasteiger partial charge in [0.05, 0.1) is 17.2 Å². The molecule has 1 radical (unpaired) electrons. The Morgan fingerprint density at radius 3 is 2.62 bits per heavy atom. The first kappa shape index (κ1) is 19.4. The average molecular weight is 394 g/mol. The lowest BCUT2D eigenvalue weighted by Gasteiger charge is -2.39. The summed E-state index contributed by atoms with van der Waals surface area (Å²) in [6.45, 7) is 5.90. The summed E-state index contributed by atoms with van der Waals surface area (Å²) in [4.78, 5) is 25.6. The summed E-state index contributed by atoms with van der Waals surface area (Å²) in [6.07, 6.45) is 4.77. The Bertz CT molecular complexity index is 980. The van der Waals surface area contributed by atoms with Gasteiger partial charge in [-0.1, -0.05) is 19.9 Å². The lowest BCUT2D eigenvalue weighted by Crippen LogP contribution is -2.32. The number of nitrogens with one attached hydrogen (secondary N) is 1. The standard InChI is InChI=1S/C23H25FN3O2/c1-23(2)12-19(26-21-15(13-28)9-16(24)11-18(21)23)14-5-6-17(22(25)29)20(10-14)27-7-3-4-8-27/h5-6,9-11,19,26H,3-4,7-8,12H2,1-2H3,(H2,25,29). The van der Waals surface area contributed by atoms with Crippen LogP contribution in [0.3, 0.4) is 0 Å². The number of fused-ring (bicyclic) bond motifs is 1.